The number of benzene rings is 1. The van der Waals surface area contributed by atoms with Gasteiger partial charge < -0.3 is 10.5 Å². The molecule has 0 aliphatic heterocycles. The predicted molar refractivity (Wildman–Crippen MR) is 78.7 cm³/mol. The highest BCUT2D eigenvalue weighted by Gasteiger charge is 2.17. The fourth-order valence-electron chi connectivity index (χ4n) is 1.76. The van der Waals surface area contributed by atoms with Gasteiger partial charge in [-0.2, -0.15) is 0 Å². The largest absolute Gasteiger partial charge is 0.465 e. The average molecular weight is 290 g/mol. The lowest BCUT2D eigenvalue weighted by Gasteiger charge is -1.94. The molecule has 0 bridgehead atoms. The first-order valence-corrected chi connectivity index (χ1v) is 7.16. The first-order valence-electron chi connectivity index (χ1n) is 5.52. The van der Waals surface area contributed by atoms with Crippen molar-refractivity contribution in [1.29, 1.82) is 0 Å². The number of methoxy groups -OCH3 is 1. The number of para-hydroxylation sites is 1. The molecule has 0 unspecified atom stereocenters. The number of hydrogen-bond donors (Lipinski definition) is 1. The third-order valence-corrected chi connectivity index (χ3v) is 4.84. The number of esters is 1. The Morgan fingerprint density at radius 1 is 1.32 bits per heavy atom. The summed E-state index contributed by atoms with van der Waals surface area (Å²) in [7, 11) is 1.34. The highest BCUT2D eigenvalue weighted by molar-refractivity contribution is 7.27. The standard InChI is InChI=1S/C13H10N2O2S2/c1-17-13(16)7-6-10(18-11(7)14)12-15-8-4-2-3-5-9(8)19-12/h2-6H,14H2,1H3. The molecule has 0 saturated heterocycles. The van der Waals surface area contributed by atoms with Crippen LogP contribution in [0.15, 0.2) is 30.3 Å². The number of anilines is 1. The van der Waals surface area contributed by atoms with Crippen LogP contribution in [0.4, 0.5) is 5.00 Å². The van der Waals surface area contributed by atoms with Gasteiger partial charge in [-0.1, -0.05) is 12.1 Å². The molecule has 0 spiro atoms. The zero-order valence-electron chi connectivity index (χ0n) is 10.0. The van der Waals surface area contributed by atoms with Crippen molar-refractivity contribution in [2.45, 2.75) is 0 Å². The van der Waals surface area contributed by atoms with E-state index in [4.69, 9.17) is 10.5 Å². The molecular weight excluding hydrogens is 280 g/mol. The van der Waals surface area contributed by atoms with E-state index in [0.29, 0.717) is 10.6 Å². The SMILES string of the molecule is COC(=O)c1cc(-c2nc3ccccc3s2)sc1N. The van der Waals surface area contributed by atoms with Crippen molar-refractivity contribution in [3.8, 4) is 9.88 Å². The molecule has 3 aromatic rings. The summed E-state index contributed by atoms with van der Waals surface area (Å²) in [4.78, 5) is 17.0. The molecule has 0 saturated carbocycles. The maximum Gasteiger partial charge on any atom is 0.340 e. The molecule has 19 heavy (non-hydrogen) atoms. The molecule has 0 aliphatic rings. The minimum Gasteiger partial charge on any atom is -0.465 e. The van der Waals surface area contributed by atoms with Crippen LogP contribution in [0.2, 0.25) is 0 Å². The van der Waals surface area contributed by atoms with Gasteiger partial charge in [0.1, 0.15) is 10.0 Å². The van der Waals surface area contributed by atoms with Crippen LogP contribution in [0.25, 0.3) is 20.1 Å². The molecule has 2 N–H and O–H groups in total. The third kappa shape index (κ3) is 2.09. The Bertz CT molecular complexity index is 728. The fraction of sp³-hybridized carbons (Fsp3) is 0.0769. The van der Waals surface area contributed by atoms with Gasteiger partial charge in [-0.3, -0.25) is 0 Å². The van der Waals surface area contributed by atoms with E-state index in [0.717, 1.165) is 20.1 Å². The molecule has 0 amide bonds. The second-order valence-electron chi connectivity index (χ2n) is 3.87. The van der Waals surface area contributed by atoms with Crippen LogP contribution < -0.4 is 5.73 Å². The van der Waals surface area contributed by atoms with Crippen molar-refractivity contribution in [2.75, 3.05) is 12.8 Å². The summed E-state index contributed by atoms with van der Waals surface area (Å²) in [6.07, 6.45) is 0. The number of nitrogens with two attached hydrogens (primary N) is 1. The number of thiophene rings is 1. The lowest BCUT2D eigenvalue weighted by atomic mass is 10.3. The molecule has 96 valence electrons. The molecule has 0 fully saturated rings. The quantitative estimate of drug-likeness (QED) is 0.735. The maximum atomic E-state index is 11.5. The normalized spacial score (nSPS) is 10.8. The van der Waals surface area contributed by atoms with Gasteiger partial charge in [0.25, 0.3) is 0 Å². The number of nitrogens with zero attached hydrogens (tertiary/aromatic N) is 1. The van der Waals surface area contributed by atoms with Gasteiger partial charge in [0.05, 0.1) is 27.8 Å². The maximum absolute atomic E-state index is 11.5. The van der Waals surface area contributed by atoms with Crippen LogP contribution in [0.3, 0.4) is 0 Å². The number of aromatic nitrogens is 1. The fourth-order valence-corrected chi connectivity index (χ4v) is 3.68. The number of nitrogen functional groups attached to an aromatic ring is 1. The van der Waals surface area contributed by atoms with Gasteiger partial charge in [-0.25, -0.2) is 9.78 Å². The van der Waals surface area contributed by atoms with E-state index in [2.05, 4.69) is 4.98 Å². The van der Waals surface area contributed by atoms with Gasteiger partial charge in [-0.15, -0.1) is 22.7 Å². The van der Waals surface area contributed by atoms with Crippen LogP contribution in [-0.4, -0.2) is 18.1 Å². The lowest BCUT2D eigenvalue weighted by Crippen LogP contribution is -2.01. The molecule has 1 aromatic carbocycles. The third-order valence-electron chi connectivity index (χ3n) is 2.67. The zero-order valence-corrected chi connectivity index (χ0v) is 11.7. The molecule has 2 aromatic heterocycles. The Morgan fingerprint density at radius 3 is 2.84 bits per heavy atom. The van der Waals surface area contributed by atoms with Crippen molar-refractivity contribution in [1.82, 2.24) is 4.98 Å². The summed E-state index contributed by atoms with van der Waals surface area (Å²) in [5.74, 6) is -0.416. The highest BCUT2D eigenvalue weighted by Crippen LogP contribution is 2.37. The van der Waals surface area contributed by atoms with E-state index in [-0.39, 0.29) is 0 Å². The van der Waals surface area contributed by atoms with Crippen LogP contribution in [0.1, 0.15) is 10.4 Å². The first-order chi connectivity index (χ1) is 9.19. The highest BCUT2D eigenvalue weighted by atomic mass is 32.1. The summed E-state index contributed by atoms with van der Waals surface area (Å²) < 4.78 is 5.81. The average Bonchev–Trinajstić information content (AvgIpc) is 3.00. The van der Waals surface area contributed by atoms with E-state index in [1.165, 1.54) is 18.4 Å². The Labute approximate surface area is 117 Å². The number of carbonyl (C=O) groups is 1. The van der Waals surface area contributed by atoms with Gasteiger partial charge in [-0.05, 0) is 18.2 Å². The molecule has 3 rings (SSSR count). The van der Waals surface area contributed by atoms with Crippen molar-refractivity contribution < 1.29 is 9.53 Å². The zero-order chi connectivity index (χ0) is 13.4. The number of rotatable bonds is 2. The second kappa shape index (κ2) is 4.64. The Balaban J connectivity index is 2.09. The monoisotopic (exact) mass is 290 g/mol. The summed E-state index contributed by atoms with van der Waals surface area (Å²) in [6, 6.07) is 9.66. The smallest absolute Gasteiger partial charge is 0.340 e. The minimum atomic E-state index is -0.416. The number of thiazole rings is 1. The van der Waals surface area contributed by atoms with Gasteiger partial charge in [0, 0.05) is 0 Å². The number of fused-ring (bicyclic) bond motifs is 1. The topological polar surface area (TPSA) is 65.2 Å². The molecule has 0 atom stereocenters. The van der Waals surface area contributed by atoms with E-state index in [9.17, 15) is 4.79 Å². The molecule has 6 heteroatoms. The number of carbonyl (C=O) groups excluding carboxylic acids is 1. The van der Waals surface area contributed by atoms with E-state index in [1.807, 2.05) is 24.3 Å². The van der Waals surface area contributed by atoms with Crippen molar-refractivity contribution >= 4 is 43.9 Å². The van der Waals surface area contributed by atoms with Crippen molar-refractivity contribution in [2.24, 2.45) is 0 Å². The lowest BCUT2D eigenvalue weighted by molar-refractivity contribution is 0.0602. The summed E-state index contributed by atoms with van der Waals surface area (Å²) >= 11 is 2.93. The molecular formula is C13H10N2O2S2. The second-order valence-corrected chi connectivity index (χ2v) is 5.98. The van der Waals surface area contributed by atoms with Gasteiger partial charge >= 0.3 is 5.97 Å². The van der Waals surface area contributed by atoms with E-state index in [1.54, 1.807) is 17.4 Å². The van der Waals surface area contributed by atoms with Crippen LogP contribution >= 0.6 is 22.7 Å². The van der Waals surface area contributed by atoms with E-state index < -0.39 is 5.97 Å². The number of hydrogen-bond acceptors (Lipinski definition) is 6. The van der Waals surface area contributed by atoms with Crippen molar-refractivity contribution in [3.05, 3.63) is 35.9 Å². The Morgan fingerprint density at radius 2 is 2.11 bits per heavy atom. The van der Waals surface area contributed by atoms with Gasteiger partial charge in [0.2, 0.25) is 0 Å². The molecule has 2 heterocycles. The molecule has 4 nitrogen and oxygen atoms in total. The Kier molecular flexibility index (Phi) is 2.96. The summed E-state index contributed by atoms with van der Waals surface area (Å²) in [5, 5.41) is 1.33. The first kappa shape index (κ1) is 12.1. The minimum absolute atomic E-state index is 0.404. The molecule has 0 aliphatic carbocycles. The van der Waals surface area contributed by atoms with Crippen LogP contribution in [-0.2, 0) is 4.74 Å². The van der Waals surface area contributed by atoms with Crippen molar-refractivity contribution in [3.63, 3.8) is 0 Å². The van der Waals surface area contributed by atoms with Crippen LogP contribution in [0, 0.1) is 0 Å². The summed E-state index contributed by atoms with van der Waals surface area (Å²) in [6.45, 7) is 0. The van der Waals surface area contributed by atoms with E-state index >= 15 is 0 Å². The number of ether oxygens (including phenoxy) is 1. The summed E-state index contributed by atoms with van der Waals surface area (Å²) in [5.41, 5.74) is 7.20. The predicted octanol–water partition coefficient (Wildman–Crippen LogP) is 3.39. The van der Waals surface area contributed by atoms with Gasteiger partial charge in [0.15, 0.2) is 0 Å². The molecule has 0 radical (unpaired) electrons. The Hall–Kier alpha value is -1.92. The van der Waals surface area contributed by atoms with Crippen LogP contribution in [0.5, 0.6) is 0 Å².